The first kappa shape index (κ1) is 12.3. The van der Waals surface area contributed by atoms with Crippen molar-refractivity contribution >= 4 is 11.6 Å². The molecule has 0 aliphatic carbocycles. The first-order valence-electron chi connectivity index (χ1n) is 4.80. The SMILES string of the molecule is N#Cc1cnc(-c2cccc(C(F)F)n2)nc1Cl. The first-order valence-corrected chi connectivity index (χ1v) is 5.17. The van der Waals surface area contributed by atoms with Gasteiger partial charge in [-0.2, -0.15) is 5.26 Å². The van der Waals surface area contributed by atoms with E-state index in [0.717, 1.165) is 0 Å². The largest absolute Gasteiger partial charge is 0.280 e. The van der Waals surface area contributed by atoms with Gasteiger partial charge in [-0.15, -0.1) is 0 Å². The molecule has 0 aromatic carbocycles. The van der Waals surface area contributed by atoms with Gasteiger partial charge in [-0.1, -0.05) is 17.7 Å². The average Bonchev–Trinajstić information content (AvgIpc) is 2.38. The number of hydrogen-bond donors (Lipinski definition) is 0. The van der Waals surface area contributed by atoms with Gasteiger partial charge in [-0.05, 0) is 12.1 Å². The minimum atomic E-state index is -2.67. The van der Waals surface area contributed by atoms with E-state index in [2.05, 4.69) is 15.0 Å². The van der Waals surface area contributed by atoms with E-state index < -0.39 is 6.43 Å². The standard InChI is InChI=1S/C11H5ClF2N4/c12-9-6(4-15)5-16-11(18-9)8-3-1-2-7(17-8)10(13)14/h1-3,5,10H. The molecule has 90 valence electrons. The molecule has 0 saturated carbocycles. The van der Waals surface area contributed by atoms with Crippen LogP contribution in [0.2, 0.25) is 5.15 Å². The minimum absolute atomic E-state index is 0.0354. The summed E-state index contributed by atoms with van der Waals surface area (Å²) in [5, 5.41) is 8.63. The van der Waals surface area contributed by atoms with Gasteiger partial charge < -0.3 is 0 Å². The highest BCUT2D eigenvalue weighted by Gasteiger charge is 2.12. The molecule has 2 rings (SSSR count). The Labute approximate surface area is 106 Å². The molecule has 0 saturated heterocycles. The molecule has 4 nitrogen and oxygen atoms in total. The second kappa shape index (κ2) is 5.02. The highest BCUT2D eigenvalue weighted by Crippen LogP contribution is 2.21. The Morgan fingerprint density at radius 3 is 2.67 bits per heavy atom. The zero-order valence-corrected chi connectivity index (χ0v) is 9.57. The van der Waals surface area contributed by atoms with Gasteiger partial charge in [-0.3, -0.25) is 0 Å². The Hall–Kier alpha value is -2.13. The van der Waals surface area contributed by atoms with E-state index in [0.29, 0.717) is 0 Å². The summed E-state index contributed by atoms with van der Waals surface area (Å²) in [6, 6.07) is 5.93. The van der Waals surface area contributed by atoms with E-state index >= 15 is 0 Å². The van der Waals surface area contributed by atoms with Crippen molar-refractivity contribution in [3.8, 4) is 17.6 Å². The number of halogens is 3. The van der Waals surface area contributed by atoms with Crippen LogP contribution in [0.25, 0.3) is 11.5 Å². The number of pyridine rings is 1. The third-order valence-electron chi connectivity index (χ3n) is 2.09. The van der Waals surface area contributed by atoms with Crippen molar-refractivity contribution in [2.75, 3.05) is 0 Å². The molecule has 0 bridgehead atoms. The molecule has 0 amide bonds. The van der Waals surface area contributed by atoms with Crippen LogP contribution in [-0.2, 0) is 0 Å². The van der Waals surface area contributed by atoms with E-state index in [1.165, 1.54) is 24.4 Å². The molecule has 2 aromatic heterocycles. The third kappa shape index (κ3) is 2.41. The maximum absolute atomic E-state index is 12.5. The maximum atomic E-state index is 12.5. The summed E-state index contributed by atoms with van der Waals surface area (Å²) in [6.07, 6.45) is -1.44. The monoisotopic (exact) mass is 266 g/mol. The van der Waals surface area contributed by atoms with Crippen LogP contribution in [-0.4, -0.2) is 15.0 Å². The maximum Gasteiger partial charge on any atom is 0.280 e. The lowest BCUT2D eigenvalue weighted by molar-refractivity contribution is 0.146. The summed E-state index contributed by atoms with van der Waals surface area (Å²) >= 11 is 5.73. The Morgan fingerprint density at radius 1 is 1.28 bits per heavy atom. The fourth-order valence-corrected chi connectivity index (χ4v) is 1.43. The predicted octanol–water partition coefficient (Wildman–Crippen LogP) is 3.00. The Bertz CT molecular complexity index is 625. The lowest BCUT2D eigenvalue weighted by Gasteiger charge is -2.03. The van der Waals surface area contributed by atoms with Crippen molar-refractivity contribution in [3.05, 3.63) is 40.8 Å². The molecule has 0 radical (unpaired) electrons. The number of nitriles is 1. The summed E-state index contributed by atoms with van der Waals surface area (Å²) in [6.45, 7) is 0. The van der Waals surface area contributed by atoms with Crippen molar-refractivity contribution in [2.45, 2.75) is 6.43 Å². The van der Waals surface area contributed by atoms with Crippen LogP contribution >= 0.6 is 11.6 Å². The van der Waals surface area contributed by atoms with Crippen molar-refractivity contribution < 1.29 is 8.78 Å². The van der Waals surface area contributed by atoms with Crippen molar-refractivity contribution in [2.24, 2.45) is 0 Å². The molecular formula is C11H5ClF2N4. The Balaban J connectivity index is 2.46. The fourth-order valence-electron chi connectivity index (χ4n) is 1.26. The number of aromatic nitrogens is 3. The third-order valence-corrected chi connectivity index (χ3v) is 2.37. The summed E-state index contributed by atoms with van der Waals surface area (Å²) in [5.74, 6) is 0.0986. The lowest BCUT2D eigenvalue weighted by Crippen LogP contribution is -1.97. The topological polar surface area (TPSA) is 62.5 Å². The minimum Gasteiger partial charge on any atom is -0.243 e. The normalized spacial score (nSPS) is 10.4. The molecule has 2 heterocycles. The molecule has 0 N–H and O–H groups in total. The molecule has 2 aromatic rings. The summed E-state index contributed by atoms with van der Waals surface area (Å²) in [7, 11) is 0. The van der Waals surface area contributed by atoms with Crippen LogP contribution < -0.4 is 0 Å². The van der Waals surface area contributed by atoms with Gasteiger partial charge in [-0.25, -0.2) is 23.7 Å². The zero-order chi connectivity index (χ0) is 13.1. The van der Waals surface area contributed by atoms with Gasteiger partial charge >= 0.3 is 0 Å². The van der Waals surface area contributed by atoms with Crippen LogP contribution in [0.3, 0.4) is 0 Å². The second-order valence-corrected chi connectivity index (χ2v) is 3.62. The van der Waals surface area contributed by atoms with Crippen LogP contribution in [0.5, 0.6) is 0 Å². The molecule has 0 atom stereocenters. The number of nitrogens with zero attached hydrogens (tertiary/aromatic N) is 4. The zero-order valence-electron chi connectivity index (χ0n) is 8.81. The van der Waals surface area contributed by atoms with Crippen LogP contribution in [0.15, 0.2) is 24.4 Å². The van der Waals surface area contributed by atoms with Gasteiger partial charge in [0.1, 0.15) is 23.0 Å². The second-order valence-electron chi connectivity index (χ2n) is 3.26. The molecule has 0 fully saturated rings. The molecule has 0 unspecified atom stereocenters. The van der Waals surface area contributed by atoms with Gasteiger partial charge in [0.2, 0.25) is 0 Å². The van der Waals surface area contributed by atoms with Gasteiger partial charge in [0.25, 0.3) is 6.43 Å². The summed E-state index contributed by atoms with van der Waals surface area (Å²) < 4.78 is 25.0. The summed E-state index contributed by atoms with van der Waals surface area (Å²) in [4.78, 5) is 11.4. The molecule has 0 aliphatic rings. The molecule has 18 heavy (non-hydrogen) atoms. The summed E-state index contributed by atoms with van der Waals surface area (Å²) in [5.41, 5.74) is -0.0683. The van der Waals surface area contributed by atoms with E-state index in [4.69, 9.17) is 16.9 Å². The number of alkyl halides is 2. The van der Waals surface area contributed by atoms with E-state index in [9.17, 15) is 8.78 Å². The first-order chi connectivity index (χ1) is 8.61. The smallest absolute Gasteiger partial charge is 0.243 e. The van der Waals surface area contributed by atoms with Gasteiger partial charge in [0.15, 0.2) is 11.0 Å². The Kier molecular flexibility index (Phi) is 3.44. The quantitative estimate of drug-likeness (QED) is 0.784. The van der Waals surface area contributed by atoms with Gasteiger partial charge in [0.05, 0.1) is 6.20 Å². The highest BCUT2D eigenvalue weighted by molar-refractivity contribution is 6.30. The van der Waals surface area contributed by atoms with Crippen LogP contribution in [0.1, 0.15) is 17.7 Å². The van der Waals surface area contributed by atoms with Crippen LogP contribution in [0.4, 0.5) is 8.78 Å². The lowest BCUT2D eigenvalue weighted by atomic mass is 10.3. The van der Waals surface area contributed by atoms with Crippen LogP contribution in [0, 0.1) is 11.3 Å². The van der Waals surface area contributed by atoms with E-state index in [-0.39, 0.29) is 27.9 Å². The van der Waals surface area contributed by atoms with Crippen molar-refractivity contribution in [3.63, 3.8) is 0 Å². The van der Waals surface area contributed by atoms with Crippen molar-refractivity contribution in [1.82, 2.24) is 15.0 Å². The number of hydrogen-bond acceptors (Lipinski definition) is 4. The molecule has 0 aliphatic heterocycles. The number of rotatable bonds is 2. The molecular weight excluding hydrogens is 262 g/mol. The fraction of sp³-hybridized carbons (Fsp3) is 0.0909. The predicted molar refractivity (Wildman–Crippen MR) is 59.9 cm³/mol. The molecule has 0 spiro atoms. The van der Waals surface area contributed by atoms with Gasteiger partial charge in [0, 0.05) is 0 Å². The highest BCUT2D eigenvalue weighted by atomic mass is 35.5. The average molecular weight is 267 g/mol. The van der Waals surface area contributed by atoms with E-state index in [1.54, 1.807) is 6.07 Å². The van der Waals surface area contributed by atoms with Crippen molar-refractivity contribution in [1.29, 1.82) is 5.26 Å². The van der Waals surface area contributed by atoms with E-state index in [1.807, 2.05) is 0 Å². The molecule has 7 heteroatoms. The Morgan fingerprint density at radius 2 is 2.06 bits per heavy atom.